The van der Waals surface area contributed by atoms with Crippen LogP contribution in [0.5, 0.6) is 0 Å². The number of hydrogen-bond acceptors (Lipinski definition) is 3. The maximum atomic E-state index is 11.9. The molecule has 0 bridgehead atoms. The topological polar surface area (TPSA) is 46.2 Å². The second-order valence-electron chi connectivity index (χ2n) is 4.51. The molecule has 88 valence electrons. The molecule has 2 rings (SSSR count). The van der Waals surface area contributed by atoms with E-state index in [0.29, 0.717) is 0 Å². The van der Waals surface area contributed by atoms with Gasteiger partial charge in [-0.05, 0) is 30.5 Å². The van der Waals surface area contributed by atoms with Crippen LogP contribution in [-0.4, -0.2) is 13.7 Å². The van der Waals surface area contributed by atoms with Crippen LogP contribution >= 0.6 is 0 Å². The summed E-state index contributed by atoms with van der Waals surface area (Å²) in [6.07, 6.45) is 0. The van der Waals surface area contributed by atoms with Crippen molar-refractivity contribution in [1.82, 2.24) is 5.32 Å². The van der Waals surface area contributed by atoms with Crippen LogP contribution < -0.4 is 5.32 Å². The number of fused-ring (bicyclic) bond motifs is 1. The van der Waals surface area contributed by atoms with E-state index in [2.05, 4.69) is 11.4 Å². The first-order chi connectivity index (χ1) is 7.50. The van der Waals surface area contributed by atoms with Crippen molar-refractivity contribution in [3.8, 4) is 0 Å². The zero-order chi connectivity index (χ0) is 11.8. The van der Waals surface area contributed by atoms with Crippen LogP contribution in [0.15, 0.2) is 18.2 Å². The van der Waals surface area contributed by atoms with Gasteiger partial charge in [-0.3, -0.25) is 0 Å². The first-order valence-corrected chi connectivity index (χ1v) is 7.24. The van der Waals surface area contributed by atoms with E-state index in [-0.39, 0.29) is 11.0 Å². The Morgan fingerprint density at radius 3 is 2.75 bits per heavy atom. The minimum Gasteiger partial charge on any atom is -0.309 e. The Bertz CT molecular complexity index is 492. The molecule has 1 aliphatic heterocycles. The number of rotatable bonds is 3. The molecule has 0 saturated carbocycles. The SMILES string of the molecule is CC(C)S(=O)(=O)Cc1cccc2c1CNC2. The maximum Gasteiger partial charge on any atom is 0.156 e. The zero-order valence-electron chi connectivity index (χ0n) is 9.66. The third kappa shape index (κ3) is 2.13. The van der Waals surface area contributed by atoms with E-state index in [0.717, 1.165) is 18.7 Å². The molecule has 0 unspecified atom stereocenters. The van der Waals surface area contributed by atoms with Crippen LogP contribution in [0.25, 0.3) is 0 Å². The number of sulfone groups is 1. The Morgan fingerprint density at radius 1 is 1.31 bits per heavy atom. The van der Waals surface area contributed by atoms with E-state index in [1.54, 1.807) is 13.8 Å². The summed E-state index contributed by atoms with van der Waals surface area (Å²) in [5.74, 6) is 0.162. The smallest absolute Gasteiger partial charge is 0.156 e. The second kappa shape index (κ2) is 4.18. The molecule has 0 radical (unpaired) electrons. The highest BCUT2D eigenvalue weighted by Crippen LogP contribution is 2.22. The van der Waals surface area contributed by atoms with Crippen molar-refractivity contribution < 1.29 is 8.42 Å². The predicted octanol–water partition coefficient (Wildman–Crippen LogP) is 1.61. The molecule has 1 aromatic carbocycles. The van der Waals surface area contributed by atoms with Gasteiger partial charge in [-0.1, -0.05) is 18.2 Å². The highest BCUT2D eigenvalue weighted by atomic mass is 32.2. The van der Waals surface area contributed by atoms with Crippen molar-refractivity contribution in [2.75, 3.05) is 0 Å². The summed E-state index contributed by atoms with van der Waals surface area (Å²) >= 11 is 0. The van der Waals surface area contributed by atoms with Gasteiger partial charge in [0.2, 0.25) is 0 Å². The molecule has 1 N–H and O–H groups in total. The first-order valence-electron chi connectivity index (χ1n) is 5.52. The molecule has 0 saturated heterocycles. The summed E-state index contributed by atoms with van der Waals surface area (Å²) in [5.41, 5.74) is 3.36. The van der Waals surface area contributed by atoms with Crippen LogP contribution in [0, 0.1) is 0 Å². The van der Waals surface area contributed by atoms with Gasteiger partial charge in [0.1, 0.15) is 0 Å². The van der Waals surface area contributed by atoms with Crippen molar-refractivity contribution >= 4 is 9.84 Å². The van der Waals surface area contributed by atoms with Crippen molar-refractivity contribution in [2.24, 2.45) is 0 Å². The minimum absolute atomic E-state index is 0.162. The molecule has 0 fully saturated rings. The van der Waals surface area contributed by atoms with Crippen LogP contribution in [0.3, 0.4) is 0 Å². The van der Waals surface area contributed by atoms with Crippen LogP contribution in [0.2, 0.25) is 0 Å². The normalized spacial score (nSPS) is 15.4. The molecular formula is C12H17NO2S. The van der Waals surface area contributed by atoms with E-state index in [4.69, 9.17) is 0 Å². The van der Waals surface area contributed by atoms with Gasteiger partial charge in [0.05, 0.1) is 11.0 Å². The molecule has 3 nitrogen and oxygen atoms in total. The summed E-state index contributed by atoms with van der Waals surface area (Å²) < 4.78 is 23.8. The standard InChI is InChI=1S/C12H17NO2S/c1-9(2)16(14,15)8-11-5-3-4-10-6-13-7-12(10)11/h3-5,9,13H,6-8H2,1-2H3. The fourth-order valence-electron chi connectivity index (χ4n) is 1.92. The fraction of sp³-hybridized carbons (Fsp3) is 0.500. The fourth-order valence-corrected chi connectivity index (χ4v) is 2.96. The van der Waals surface area contributed by atoms with Crippen molar-refractivity contribution in [3.63, 3.8) is 0 Å². The molecule has 16 heavy (non-hydrogen) atoms. The molecule has 0 spiro atoms. The van der Waals surface area contributed by atoms with Gasteiger partial charge in [0.15, 0.2) is 9.84 Å². The van der Waals surface area contributed by atoms with Gasteiger partial charge in [-0.2, -0.15) is 0 Å². The molecule has 0 amide bonds. The first kappa shape index (κ1) is 11.6. The number of nitrogens with one attached hydrogen (secondary N) is 1. The Balaban J connectivity index is 2.33. The third-order valence-corrected chi connectivity index (χ3v) is 5.21. The van der Waals surface area contributed by atoms with Gasteiger partial charge >= 0.3 is 0 Å². The third-order valence-electron chi connectivity index (χ3n) is 3.06. The van der Waals surface area contributed by atoms with Gasteiger partial charge in [0.25, 0.3) is 0 Å². The van der Waals surface area contributed by atoms with Gasteiger partial charge in [-0.25, -0.2) is 8.42 Å². The van der Waals surface area contributed by atoms with E-state index in [1.165, 1.54) is 11.1 Å². The quantitative estimate of drug-likeness (QED) is 0.871. The van der Waals surface area contributed by atoms with Crippen molar-refractivity contribution in [3.05, 3.63) is 34.9 Å². The Kier molecular flexibility index (Phi) is 3.04. The molecule has 1 heterocycles. The van der Waals surface area contributed by atoms with E-state index in [9.17, 15) is 8.42 Å². The van der Waals surface area contributed by atoms with Crippen LogP contribution in [-0.2, 0) is 28.7 Å². The average Bonchev–Trinajstić information content (AvgIpc) is 2.65. The second-order valence-corrected chi connectivity index (χ2v) is 7.07. The lowest BCUT2D eigenvalue weighted by Crippen LogP contribution is -2.17. The predicted molar refractivity (Wildman–Crippen MR) is 64.7 cm³/mol. The van der Waals surface area contributed by atoms with Crippen molar-refractivity contribution in [2.45, 2.75) is 37.9 Å². The Hall–Kier alpha value is -0.870. The largest absolute Gasteiger partial charge is 0.309 e. The summed E-state index contributed by atoms with van der Waals surface area (Å²) in [4.78, 5) is 0. The van der Waals surface area contributed by atoms with Crippen LogP contribution in [0.4, 0.5) is 0 Å². The summed E-state index contributed by atoms with van der Waals surface area (Å²) in [7, 11) is -3.00. The summed E-state index contributed by atoms with van der Waals surface area (Å²) in [6, 6.07) is 5.92. The molecule has 0 aliphatic carbocycles. The van der Waals surface area contributed by atoms with Gasteiger partial charge in [0, 0.05) is 13.1 Å². The highest BCUT2D eigenvalue weighted by Gasteiger charge is 2.21. The highest BCUT2D eigenvalue weighted by molar-refractivity contribution is 7.91. The summed E-state index contributed by atoms with van der Waals surface area (Å²) in [5, 5.41) is 2.94. The van der Waals surface area contributed by atoms with E-state index < -0.39 is 9.84 Å². The Labute approximate surface area is 96.8 Å². The lowest BCUT2D eigenvalue weighted by atomic mass is 10.1. The average molecular weight is 239 g/mol. The maximum absolute atomic E-state index is 11.9. The molecular weight excluding hydrogens is 222 g/mol. The molecule has 1 aromatic rings. The van der Waals surface area contributed by atoms with Crippen molar-refractivity contribution in [1.29, 1.82) is 0 Å². The summed E-state index contributed by atoms with van der Waals surface area (Å²) in [6.45, 7) is 5.11. The molecule has 0 aromatic heterocycles. The van der Waals surface area contributed by atoms with E-state index in [1.807, 2.05) is 12.1 Å². The monoisotopic (exact) mass is 239 g/mol. The van der Waals surface area contributed by atoms with E-state index >= 15 is 0 Å². The molecule has 4 heteroatoms. The number of benzene rings is 1. The zero-order valence-corrected chi connectivity index (χ0v) is 10.5. The van der Waals surface area contributed by atoms with Gasteiger partial charge < -0.3 is 5.32 Å². The molecule has 0 atom stereocenters. The Morgan fingerprint density at radius 2 is 2.06 bits per heavy atom. The minimum atomic E-state index is -3.00. The number of hydrogen-bond donors (Lipinski definition) is 1. The van der Waals surface area contributed by atoms with Crippen LogP contribution in [0.1, 0.15) is 30.5 Å². The lowest BCUT2D eigenvalue weighted by Gasteiger charge is -2.10. The van der Waals surface area contributed by atoms with Gasteiger partial charge in [-0.15, -0.1) is 0 Å². The molecule has 1 aliphatic rings. The lowest BCUT2D eigenvalue weighted by molar-refractivity contribution is 0.586.